The average molecular weight is 283 g/mol. The quantitative estimate of drug-likeness (QED) is 0.785. The number of carboxylic acid groups (broad SMARTS) is 1. The number of amides is 1. The van der Waals surface area contributed by atoms with Crippen molar-refractivity contribution in [1.29, 1.82) is 0 Å². The van der Waals surface area contributed by atoms with Gasteiger partial charge in [0.1, 0.15) is 5.54 Å². The highest BCUT2D eigenvalue weighted by molar-refractivity contribution is 5.87. The zero-order valence-corrected chi connectivity index (χ0v) is 11.2. The molecule has 0 radical (unpaired) electrons. The van der Waals surface area contributed by atoms with Crippen LogP contribution in [0.25, 0.3) is 0 Å². The lowest BCUT2D eigenvalue weighted by Gasteiger charge is -2.33. The summed E-state index contributed by atoms with van der Waals surface area (Å²) in [6, 6.07) is 0. The zero-order chi connectivity index (χ0) is 14.6. The number of hydrogen-bond acceptors (Lipinski definition) is 6. The molecule has 2 heterocycles. The SMILES string of the molecule is Cc1noc(CCC(=O)NC2(C(=O)O)CCOCC2)n1. The first-order valence-electron chi connectivity index (χ1n) is 6.43. The maximum Gasteiger partial charge on any atom is 0.329 e. The van der Waals surface area contributed by atoms with Gasteiger partial charge < -0.3 is 19.7 Å². The molecule has 1 fully saturated rings. The lowest BCUT2D eigenvalue weighted by molar-refractivity contribution is -0.152. The van der Waals surface area contributed by atoms with E-state index in [4.69, 9.17) is 9.26 Å². The monoisotopic (exact) mass is 283 g/mol. The Labute approximate surface area is 115 Å². The van der Waals surface area contributed by atoms with Crippen molar-refractivity contribution >= 4 is 11.9 Å². The van der Waals surface area contributed by atoms with E-state index in [1.165, 1.54) is 0 Å². The largest absolute Gasteiger partial charge is 0.480 e. The van der Waals surface area contributed by atoms with Crippen LogP contribution in [0.15, 0.2) is 4.52 Å². The smallest absolute Gasteiger partial charge is 0.329 e. The lowest BCUT2D eigenvalue weighted by Crippen LogP contribution is -2.57. The van der Waals surface area contributed by atoms with Gasteiger partial charge in [0.2, 0.25) is 11.8 Å². The number of nitrogens with one attached hydrogen (secondary N) is 1. The van der Waals surface area contributed by atoms with Gasteiger partial charge in [-0.1, -0.05) is 5.16 Å². The highest BCUT2D eigenvalue weighted by Crippen LogP contribution is 2.21. The Bertz CT molecular complexity index is 493. The lowest BCUT2D eigenvalue weighted by atomic mass is 9.90. The van der Waals surface area contributed by atoms with Crippen LogP contribution in [0.2, 0.25) is 0 Å². The molecule has 0 unspecified atom stereocenters. The van der Waals surface area contributed by atoms with Crippen LogP contribution in [0.1, 0.15) is 31.0 Å². The van der Waals surface area contributed by atoms with E-state index >= 15 is 0 Å². The molecule has 20 heavy (non-hydrogen) atoms. The summed E-state index contributed by atoms with van der Waals surface area (Å²) in [5, 5.41) is 15.5. The first-order valence-corrected chi connectivity index (χ1v) is 6.43. The number of carbonyl (C=O) groups excluding carboxylic acids is 1. The van der Waals surface area contributed by atoms with Crippen molar-refractivity contribution in [2.24, 2.45) is 0 Å². The second kappa shape index (κ2) is 6.00. The maximum atomic E-state index is 11.9. The summed E-state index contributed by atoms with van der Waals surface area (Å²) in [5.74, 6) is -0.492. The number of nitrogens with zero attached hydrogens (tertiary/aromatic N) is 2. The van der Waals surface area contributed by atoms with E-state index in [0.29, 0.717) is 31.3 Å². The molecular weight excluding hydrogens is 266 g/mol. The molecule has 0 aliphatic carbocycles. The van der Waals surface area contributed by atoms with Crippen LogP contribution >= 0.6 is 0 Å². The molecule has 2 N–H and O–H groups in total. The predicted molar refractivity (Wildman–Crippen MR) is 65.9 cm³/mol. The summed E-state index contributed by atoms with van der Waals surface area (Å²) in [7, 11) is 0. The summed E-state index contributed by atoms with van der Waals surface area (Å²) in [4.78, 5) is 27.3. The molecule has 8 heteroatoms. The molecule has 0 aromatic carbocycles. The van der Waals surface area contributed by atoms with Gasteiger partial charge in [0, 0.05) is 38.9 Å². The zero-order valence-electron chi connectivity index (χ0n) is 11.2. The van der Waals surface area contributed by atoms with Crippen LogP contribution in [-0.2, 0) is 20.7 Å². The molecule has 1 saturated heterocycles. The molecule has 110 valence electrons. The Kier molecular flexibility index (Phi) is 4.33. The fraction of sp³-hybridized carbons (Fsp3) is 0.667. The molecule has 1 amide bonds. The van der Waals surface area contributed by atoms with Crippen LogP contribution in [0.3, 0.4) is 0 Å². The van der Waals surface area contributed by atoms with Crippen molar-refractivity contribution in [1.82, 2.24) is 15.5 Å². The maximum absolute atomic E-state index is 11.9. The minimum Gasteiger partial charge on any atom is -0.480 e. The van der Waals surface area contributed by atoms with Crippen molar-refractivity contribution in [2.75, 3.05) is 13.2 Å². The molecule has 1 aromatic heterocycles. The summed E-state index contributed by atoms with van der Waals surface area (Å²) in [6.45, 7) is 2.35. The number of aliphatic carboxylic acids is 1. The number of rotatable bonds is 5. The van der Waals surface area contributed by atoms with Gasteiger partial charge in [-0.2, -0.15) is 4.98 Å². The third kappa shape index (κ3) is 3.32. The Balaban J connectivity index is 1.90. The van der Waals surface area contributed by atoms with Crippen LogP contribution < -0.4 is 5.32 Å². The van der Waals surface area contributed by atoms with Gasteiger partial charge in [-0.3, -0.25) is 4.79 Å². The molecule has 0 bridgehead atoms. The highest BCUT2D eigenvalue weighted by Gasteiger charge is 2.41. The van der Waals surface area contributed by atoms with E-state index in [-0.39, 0.29) is 25.2 Å². The van der Waals surface area contributed by atoms with Crippen molar-refractivity contribution in [3.05, 3.63) is 11.7 Å². The molecule has 0 atom stereocenters. The summed E-state index contributed by atoms with van der Waals surface area (Å²) >= 11 is 0. The minimum absolute atomic E-state index is 0.109. The van der Waals surface area contributed by atoms with Crippen LogP contribution in [0.5, 0.6) is 0 Å². The highest BCUT2D eigenvalue weighted by atomic mass is 16.5. The van der Waals surface area contributed by atoms with Crippen molar-refractivity contribution in [3.63, 3.8) is 0 Å². The van der Waals surface area contributed by atoms with Gasteiger partial charge in [-0.15, -0.1) is 0 Å². The molecule has 0 saturated carbocycles. The summed E-state index contributed by atoms with van der Waals surface area (Å²) < 4.78 is 10.0. The molecular formula is C12H17N3O5. The van der Waals surface area contributed by atoms with Crippen molar-refractivity contribution < 1.29 is 24.0 Å². The van der Waals surface area contributed by atoms with E-state index in [2.05, 4.69) is 15.5 Å². The predicted octanol–water partition coefficient (Wildman–Crippen LogP) is 0.0606. The van der Waals surface area contributed by atoms with Crippen molar-refractivity contribution in [3.8, 4) is 0 Å². The Morgan fingerprint density at radius 1 is 1.40 bits per heavy atom. The fourth-order valence-corrected chi connectivity index (χ4v) is 2.10. The molecule has 2 rings (SSSR count). The molecule has 8 nitrogen and oxygen atoms in total. The summed E-state index contributed by atoms with van der Waals surface area (Å²) in [6.07, 6.45) is 0.942. The Morgan fingerprint density at radius 2 is 2.10 bits per heavy atom. The Morgan fingerprint density at radius 3 is 2.65 bits per heavy atom. The number of hydrogen-bond donors (Lipinski definition) is 2. The number of carbonyl (C=O) groups is 2. The third-order valence-corrected chi connectivity index (χ3v) is 3.27. The Hall–Kier alpha value is -1.96. The molecule has 1 aliphatic rings. The van der Waals surface area contributed by atoms with E-state index in [1.807, 2.05) is 0 Å². The van der Waals surface area contributed by atoms with Crippen molar-refractivity contribution in [2.45, 2.75) is 38.1 Å². The van der Waals surface area contributed by atoms with Gasteiger partial charge in [0.05, 0.1) is 0 Å². The van der Waals surface area contributed by atoms with Gasteiger partial charge in [-0.25, -0.2) is 4.79 Å². The first-order chi connectivity index (χ1) is 9.52. The summed E-state index contributed by atoms with van der Waals surface area (Å²) in [5.41, 5.74) is -1.22. The first kappa shape index (κ1) is 14.4. The fourth-order valence-electron chi connectivity index (χ4n) is 2.10. The minimum atomic E-state index is -1.22. The van der Waals surface area contributed by atoms with Gasteiger partial charge in [-0.05, 0) is 6.92 Å². The molecule has 1 aromatic rings. The molecule has 1 aliphatic heterocycles. The number of ether oxygens (including phenoxy) is 1. The second-order valence-electron chi connectivity index (χ2n) is 4.78. The van der Waals surface area contributed by atoms with Gasteiger partial charge in [0.15, 0.2) is 5.82 Å². The van der Waals surface area contributed by atoms with E-state index in [9.17, 15) is 14.7 Å². The standard InChI is InChI=1S/C12H17N3O5/c1-8-13-10(20-15-8)3-2-9(16)14-12(11(17)18)4-6-19-7-5-12/h2-7H2,1H3,(H,14,16)(H,17,18). The van der Waals surface area contributed by atoms with Crippen LogP contribution in [0.4, 0.5) is 0 Å². The number of aromatic nitrogens is 2. The van der Waals surface area contributed by atoms with E-state index in [1.54, 1.807) is 6.92 Å². The van der Waals surface area contributed by atoms with E-state index < -0.39 is 11.5 Å². The van der Waals surface area contributed by atoms with Crippen LogP contribution in [0, 0.1) is 6.92 Å². The number of carboxylic acids is 1. The third-order valence-electron chi connectivity index (χ3n) is 3.27. The topological polar surface area (TPSA) is 115 Å². The number of aryl methyl sites for hydroxylation is 2. The van der Waals surface area contributed by atoms with Gasteiger partial charge >= 0.3 is 5.97 Å². The van der Waals surface area contributed by atoms with E-state index in [0.717, 1.165) is 0 Å². The van der Waals surface area contributed by atoms with Gasteiger partial charge in [0.25, 0.3) is 0 Å². The second-order valence-corrected chi connectivity index (χ2v) is 4.78. The molecule has 0 spiro atoms. The normalized spacial score (nSPS) is 17.6. The average Bonchev–Trinajstić information content (AvgIpc) is 2.83. The van der Waals surface area contributed by atoms with Crippen LogP contribution in [-0.4, -0.2) is 45.9 Å².